The first kappa shape index (κ1) is 14.5. The van der Waals surface area contributed by atoms with Gasteiger partial charge in [-0.3, -0.25) is 0 Å². The van der Waals surface area contributed by atoms with E-state index in [2.05, 4.69) is 62.8 Å². The lowest BCUT2D eigenvalue weighted by Gasteiger charge is -2.18. The van der Waals surface area contributed by atoms with Gasteiger partial charge in [-0.2, -0.15) is 0 Å². The van der Waals surface area contributed by atoms with Crippen molar-refractivity contribution in [2.24, 2.45) is 0 Å². The van der Waals surface area contributed by atoms with Crippen LogP contribution in [0.5, 0.6) is 0 Å². The molecule has 0 unspecified atom stereocenters. The first-order valence-corrected chi connectivity index (χ1v) is 6.95. The van der Waals surface area contributed by atoms with Crippen LogP contribution in [0.2, 0.25) is 0 Å². The van der Waals surface area contributed by atoms with E-state index >= 15 is 0 Å². The highest BCUT2D eigenvalue weighted by Crippen LogP contribution is 2.22. The number of benzene rings is 1. The van der Waals surface area contributed by atoms with E-state index in [0.717, 1.165) is 17.9 Å². The summed E-state index contributed by atoms with van der Waals surface area (Å²) in [7, 11) is 0. The van der Waals surface area contributed by atoms with Crippen molar-refractivity contribution in [3.63, 3.8) is 0 Å². The van der Waals surface area contributed by atoms with Crippen molar-refractivity contribution in [3.8, 4) is 0 Å². The summed E-state index contributed by atoms with van der Waals surface area (Å²) in [6.07, 6.45) is 0.719. The molecule has 3 heteroatoms. The van der Waals surface area contributed by atoms with E-state index in [1.807, 2.05) is 6.07 Å². The van der Waals surface area contributed by atoms with Crippen LogP contribution in [-0.2, 0) is 11.8 Å². The van der Waals surface area contributed by atoms with Crippen molar-refractivity contribution in [2.75, 3.05) is 5.73 Å². The van der Waals surface area contributed by atoms with E-state index in [0.29, 0.717) is 5.82 Å². The molecule has 0 saturated carbocycles. The summed E-state index contributed by atoms with van der Waals surface area (Å²) in [6, 6.07) is 8.39. The van der Waals surface area contributed by atoms with Gasteiger partial charge in [0.1, 0.15) is 11.6 Å². The van der Waals surface area contributed by atoms with E-state index in [4.69, 9.17) is 5.73 Å². The molecule has 2 aromatic rings. The number of hydrogen-bond acceptors (Lipinski definition) is 3. The Bertz CT molecular complexity index is 604. The van der Waals surface area contributed by atoms with E-state index in [1.54, 1.807) is 0 Å². The standard InChI is InChI=1S/C17H23N3/c1-11-6-12(2)8-13(7-11)9-16-19-14(17(3,4)5)10-15(18)20-16/h6-8,10H,9H2,1-5H3,(H2,18,19,20). The van der Waals surface area contributed by atoms with Gasteiger partial charge in [-0.15, -0.1) is 0 Å². The minimum absolute atomic E-state index is 0.0195. The first-order chi connectivity index (χ1) is 9.24. The molecule has 3 nitrogen and oxygen atoms in total. The topological polar surface area (TPSA) is 51.8 Å². The van der Waals surface area contributed by atoms with Crippen LogP contribution in [0.3, 0.4) is 0 Å². The predicted octanol–water partition coefficient (Wildman–Crippen LogP) is 3.56. The van der Waals surface area contributed by atoms with Crippen LogP contribution in [0.25, 0.3) is 0 Å². The number of nitrogens with two attached hydrogens (primary N) is 1. The molecule has 1 heterocycles. The third-order valence-corrected chi connectivity index (χ3v) is 3.20. The lowest BCUT2D eigenvalue weighted by molar-refractivity contribution is 0.563. The zero-order chi connectivity index (χ0) is 14.9. The fourth-order valence-corrected chi connectivity index (χ4v) is 2.33. The second-order valence-corrected chi connectivity index (χ2v) is 6.52. The fourth-order valence-electron chi connectivity index (χ4n) is 2.33. The third-order valence-electron chi connectivity index (χ3n) is 3.20. The Morgan fingerprint density at radius 3 is 2.10 bits per heavy atom. The van der Waals surface area contributed by atoms with Crippen molar-refractivity contribution in [1.82, 2.24) is 9.97 Å². The van der Waals surface area contributed by atoms with Crippen LogP contribution in [0.1, 0.15) is 49.0 Å². The van der Waals surface area contributed by atoms with Crippen LogP contribution in [0.15, 0.2) is 24.3 Å². The average molecular weight is 269 g/mol. The molecule has 0 aliphatic rings. The summed E-state index contributed by atoms with van der Waals surface area (Å²) >= 11 is 0. The molecule has 2 rings (SSSR count). The van der Waals surface area contributed by atoms with Gasteiger partial charge in [0.2, 0.25) is 0 Å². The van der Waals surface area contributed by atoms with E-state index in [9.17, 15) is 0 Å². The lowest BCUT2D eigenvalue weighted by atomic mass is 9.92. The summed E-state index contributed by atoms with van der Waals surface area (Å²) in [4.78, 5) is 9.04. The van der Waals surface area contributed by atoms with Crippen molar-refractivity contribution >= 4 is 5.82 Å². The smallest absolute Gasteiger partial charge is 0.135 e. The van der Waals surface area contributed by atoms with Crippen LogP contribution in [0.4, 0.5) is 5.82 Å². The molecule has 0 amide bonds. The predicted molar refractivity (Wildman–Crippen MR) is 83.9 cm³/mol. The molecule has 1 aromatic carbocycles. The molecule has 0 fully saturated rings. The molecule has 0 bridgehead atoms. The van der Waals surface area contributed by atoms with Gasteiger partial charge in [0.25, 0.3) is 0 Å². The van der Waals surface area contributed by atoms with Gasteiger partial charge in [0.05, 0.1) is 5.69 Å². The van der Waals surface area contributed by atoms with E-state index in [1.165, 1.54) is 16.7 Å². The number of hydrogen-bond donors (Lipinski definition) is 1. The maximum Gasteiger partial charge on any atom is 0.135 e. The van der Waals surface area contributed by atoms with Gasteiger partial charge >= 0.3 is 0 Å². The highest BCUT2D eigenvalue weighted by atomic mass is 14.9. The average Bonchev–Trinajstić information content (AvgIpc) is 2.25. The highest BCUT2D eigenvalue weighted by Gasteiger charge is 2.17. The van der Waals surface area contributed by atoms with Gasteiger partial charge in [-0.1, -0.05) is 50.1 Å². The second-order valence-electron chi connectivity index (χ2n) is 6.52. The summed E-state index contributed by atoms with van der Waals surface area (Å²) in [5.41, 5.74) is 10.6. The lowest BCUT2D eigenvalue weighted by Crippen LogP contribution is -2.16. The van der Waals surface area contributed by atoms with Gasteiger partial charge in [-0.25, -0.2) is 9.97 Å². The monoisotopic (exact) mass is 269 g/mol. The molecular weight excluding hydrogens is 246 g/mol. The zero-order valence-corrected chi connectivity index (χ0v) is 13.0. The van der Waals surface area contributed by atoms with E-state index in [-0.39, 0.29) is 5.41 Å². The number of anilines is 1. The number of aryl methyl sites for hydroxylation is 2. The Morgan fingerprint density at radius 1 is 0.950 bits per heavy atom. The molecular formula is C17H23N3. The van der Waals surface area contributed by atoms with Crippen LogP contribution in [0, 0.1) is 13.8 Å². The summed E-state index contributed by atoms with van der Waals surface area (Å²) in [6.45, 7) is 10.6. The maximum atomic E-state index is 5.92. The maximum absolute atomic E-state index is 5.92. The second kappa shape index (κ2) is 5.23. The van der Waals surface area contributed by atoms with Crippen molar-refractivity contribution < 1.29 is 0 Å². The number of rotatable bonds is 2. The van der Waals surface area contributed by atoms with Crippen molar-refractivity contribution in [2.45, 2.75) is 46.5 Å². The molecule has 0 aliphatic carbocycles. The molecule has 0 radical (unpaired) electrons. The van der Waals surface area contributed by atoms with Crippen LogP contribution >= 0.6 is 0 Å². The Hall–Kier alpha value is -1.90. The summed E-state index contributed by atoms with van der Waals surface area (Å²) < 4.78 is 0. The number of aromatic nitrogens is 2. The van der Waals surface area contributed by atoms with Gasteiger partial charge in [0, 0.05) is 17.9 Å². The van der Waals surface area contributed by atoms with Gasteiger partial charge in [-0.05, 0) is 19.4 Å². The Morgan fingerprint density at radius 2 is 1.55 bits per heavy atom. The first-order valence-electron chi connectivity index (χ1n) is 6.95. The van der Waals surface area contributed by atoms with Gasteiger partial charge in [0.15, 0.2) is 0 Å². The largest absolute Gasteiger partial charge is 0.384 e. The van der Waals surface area contributed by atoms with Crippen LogP contribution < -0.4 is 5.73 Å². The third kappa shape index (κ3) is 3.56. The molecule has 1 aromatic heterocycles. The Balaban J connectivity index is 2.36. The highest BCUT2D eigenvalue weighted by molar-refractivity contribution is 5.35. The quantitative estimate of drug-likeness (QED) is 0.907. The molecule has 106 valence electrons. The number of nitrogen functional groups attached to an aromatic ring is 1. The summed E-state index contributed by atoms with van der Waals surface area (Å²) in [5.74, 6) is 1.34. The van der Waals surface area contributed by atoms with Gasteiger partial charge < -0.3 is 5.73 Å². The summed E-state index contributed by atoms with van der Waals surface area (Å²) in [5, 5.41) is 0. The minimum atomic E-state index is -0.0195. The zero-order valence-electron chi connectivity index (χ0n) is 13.0. The minimum Gasteiger partial charge on any atom is -0.384 e. The normalized spacial score (nSPS) is 11.7. The Kier molecular flexibility index (Phi) is 3.80. The van der Waals surface area contributed by atoms with Crippen LogP contribution in [-0.4, -0.2) is 9.97 Å². The fraction of sp³-hybridized carbons (Fsp3) is 0.412. The molecule has 20 heavy (non-hydrogen) atoms. The van der Waals surface area contributed by atoms with E-state index < -0.39 is 0 Å². The van der Waals surface area contributed by atoms with Crippen molar-refractivity contribution in [3.05, 3.63) is 52.5 Å². The number of nitrogens with zero attached hydrogens (tertiary/aromatic N) is 2. The van der Waals surface area contributed by atoms with Crippen molar-refractivity contribution in [1.29, 1.82) is 0 Å². The Labute approximate surface area is 121 Å². The molecule has 2 N–H and O–H groups in total. The SMILES string of the molecule is Cc1cc(C)cc(Cc2nc(N)cc(C(C)(C)C)n2)c1. The molecule has 0 aliphatic heterocycles. The molecule has 0 atom stereocenters. The molecule has 0 saturated heterocycles. The molecule has 0 spiro atoms.